The van der Waals surface area contributed by atoms with Gasteiger partial charge >= 0.3 is 0 Å². The number of carbonyl (C=O) groups excluding carboxylic acids is 1. The second-order valence-corrected chi connectivity index (χ2v) is 6.57. The molecule has 2 aromatic heterocycles. The van der Waals surface area contributed by atoms with Gasteiger partial charge < -0.3 is 14.5 Å². The fourth-order valence-electron chi connectivity index (χ4n) is 3.81. The number of aromatic nitrogens is 3. The van der Waals surface area contributed by atoms with Gasteiger partial charge in [-0.3, -0.25) is 14.5 Å². The summed E-state index contributed by atoms with van der Waals surface area (Å²) in [6, 6.07) is 6.10. The Labute approximate surface area is 147 Å². The van der Waals surface area contributed by atoms with Crippen LogP contribution in [0.15, 0.2) is 30.6 Å². The van der Waals surface area contributed by atoms with Gasteiger partial charge in [0.15, 0.2) is 0 Å². The third kappa shape index (κ3) is 2.89. The molecule has 0 aliphatic carbocycles. The number of rotatable bonds is 3. The van der Waals surface area contributed by atoms with Crippen molar-refractivity contribution in [2.45, 2.75) is 32.5 Å². The highest BCUT2D eigenvalue weighted by molar-refractivity contribution is 5.92. The highest BCUT2D eigenvalue weighted by Crippen LogP contribution is 2.29. The summed E-state index contributed by atoms with van der Waals surface area (Å²) in [4.78, 5) is 21.4. The standard InChI is InChI=1S/C18H23N5O2/c1-3-23-15(5-7-20-23)18(24)21-11-16-17(12-21)25-9-8-22(16)14-4-6-19-13(2)10-14/h4-7,10,16-17H,3,8-9,11-12H2,1-2H3/t16-,17-/m0/s1. The summed E-state index contributed by atoms with van der Waals surface area (Å²) >= 11 is 0. The molecule has 2 atom stereocenters. The Bertz CT molecular complexity index is 774. The van der Waals surface area contributed by atoms with Crippen LogP contribution in [0.25, 0.3) is 0 Å². The summed E-state index contributed by atoms with van der Waals surface area (Å²) in [5, 5.41) is 4.21. The molecule has 2 aromatic rings. The minimum atomic E-state index is 0.0307. The van der Waals surface area contributed by atoms with Crippen LogP contribution in [0.2, 0.25) is 0 Å². The number of hydrogen-bond donors (Lipinski definition) is 0. The number of anilines is 1. The molecule has 7 nitrogen and oxygen atoms in total. The lowest BCUT2D eigenvalue weighted by Gasteiger charge is -2.38. The Morgan fingerprint density at radius 1 is 1.32 bits per heavy atom. The number of likely N-dealkylation sites (tertiary alicyclic amines) is 1. The summed E-state index contributed by atoms with van der Waals surface area (Å²) in [5.41, 5.74) is 2.80. The van der Waals surface area contributed by atoms with Crippen molar-refractivity contribution >= 4 is 11.6 Å². The predicted molar refractivity (Wildman–Crippen MR) is 93.7 cm³/mol. The molecule has 0 aromatic carbocycles. The number of fused-ring (bicyclic) bond motifs is 1. The van der Waals surface area contributed by atoms with Gasteiger partial charge in [-0.15, -0.1) is 0 Å². The van der Waals surface area contributed by atoms with Crippen LogP contribution in [-0.2, 0) is 11.3 Å². The van der Waals surface area contributed by atoms with E-state index in [1.54, 1.807) is 16.9 Å². The highest BCUT2D eigenvalue weighted by atomic mass is 16.5. The van der Waals surface area contributed by atoms with Crippen LogP contribution in [-0.4, -0.2) is 64.0 Å². The number of hydrogen-bond acceptors (Lipinski definition) is 5. The molecule has 25 heavy (non-hydrogen) atoms. The molecule has 1 amide bonds. The molecule has 2 aliphatic heterocycles. The highest BCUT2D eigenvalue weighted by Gasteiger charge is 2.42. The van der Waals surface area contributed by atoms with Gasteiger partial charge in [0.1, 0.15) is 5.69 Å². The number of nitrogens with zero attached hydrogens (tertiary/aromatic N) is 5. The zero-order valence-corrected chi connectivity index (χ0v) is 14.6. The lowest BCUT2D eigenvalue weighted by Crippen LogP contribution is -2.51. The molecule has 2 saturated heterocycles. The van der Waals surface area contributed by atoms with Crippen LogP contribution in [0.1, 0.15) is 23.1 Å². The number of morpholine rings is 1. The predicted octanol–water partition coefficient (Wildman–Crippen LogP) is 1.34. The molecule has 0 bridgehead atoms. The topological polar surface area (TPSA) is 63.5 Å². The molecule has 2 aliphatic rings. The minimum Gasteiger partial charge on any atom is -0.372 e. The van der Waals surface area contributed by atoms with Gasteiger partial charge in [0.25, 0.3) is 5.91 Å². The van der Waals surface area contributed by atoms with Crippen LogP contribution in [0.3, 0.4) is 0 Å². The van der Waals surface area contributed by atoms with Crippen LogP contribution >= 0.6 is 0 Å². The van der Waals surface area contributed by atoms with Crippen LogP contribution in [0.5, 0.6) is 0 Å². The SMILES string of the molecule is CCn1nccc1C(=O)N1C[C@@H]2OCCN(c3ccnc(C)c3)[C@H]2C1. The molecule has 0 spiro atoms. The largest absolute Gasteiger partial charge is 0.372 e. The van der Waals surface area contributed by atoms with Gasteiger partial charge in [0.05, 0.1) is 18.8 Å². The second-order valence-electron chi connectivity index (χ2n) is 6.57. The number of amides is 1. The molecule has 132 valence electrons. The van der Waals surface area contributed by atoms with Crippen molar-refractivity contribution < 1.29 is 9.53 Å². The van der Waals surface area contributed by atoms with Gasteiger partial charge in [-0.1, -0.05) is 0 Å². The van der Waals surface area contributed by atoms with Gasteiger partial charge in [-0.05, 0) is 32.0 Å². The van der Waals surface area contributed by atoms with Crippen molar-refractivity contribution in [3.8, 4) is 0 Å². The quantitative estimate of drug-likeness (QED) is 0.843. The molecular weight excluding hydrogens is 318 g/mol. The van der Waals surface area contributed by atoms with Gasteiger partial charge in [0, 0.05) is 50.0 Å². The Hall–Kier alpha value is -2.41. The first-order chi connectivity index (χ1) is 12.2. The van der Waals surface area contributed by atoms with E-state index in [4.69, 9.17) is 4.74 Å². The summed E-state index contributed by atoms with van der Waals surface area (Å²) in [7, 11) is 0. The molecule has 0 saturated carbocycles. The van der Waals surface area contributed by atoms with E-state index in [9.17, 15) is 4.79 Å². The van der Waals surface area contributed by atoms with E-state index in [2.05, 4.69) is 21.0 Å². The summed E-state index contributed by atoms with van der Waals surface area (Å²) < 4.78 is 7.71. The van der Waals surface area contributed by atoms with Crippen LogP contribution < -0.4 is 4.90 Å². The van der Waals surface area contributed by atoms with Crippen molar-refractivity contribution in [3.05, 3.63) is 42.0 Å². The van der Waals surface area contributed by atoms with E-state index in [0.717, 1.165) is 17.9 Å². The maximum atomic E-state index is 12.9. The van der Waals surface area contributed by atoms with E-state index in [-0.39, 0.29) is 18.1 Å². The third-order valence-electron chi connectivity index (χ3n) is 5.04. The molecule has 0 radical (unpaired) electrons. The van der Waals surface area contributed by atoms with E-state index in [1.807, 2.05) is 31.0 Å². The molecule has 7 heteroatoms. The van der Waals surface area contributed by atoms with Crippen molar-refractivity contribution in [1.29, 1.82) is 0 Å². The fourth-order valence-corrected chi connectivity index (χ4v) is 3.81. The normalized spacial score (nSPS) is 23.0. The Morgan fingerprint density at radius 2 is 2.20 bits per heavy atom. The average Bonchev–Trinajstić information content (AvgIpc) is 3.27. The third-order valence-corrected chi connectivity index (χ3v) is 5.04. The summed E-state index contributed by atoms with van der Waals surface area (Å²) in [6.45, 7) is 7.48. The smallest absolute Gasteiger partial charge is 0.272 e. The van der Waals surface area contributed by atoms with Crippen molar-refractivity contribution in [3.63, 3.8) is 0 Å². The zero-order valence-electron chi connectivity index (χ0n) is 14.6. The first-order valence-corrected chi connectivity index (χ1v) is 8.79. The fraction of sp³-hybridized carbons (Fsp3) is 0.500. The van der Waals surface area contributed by atoms with E-state index >= 15 is 0 Å². The average molecular weight is 341 g/mol. The van der Waals surface area contributed by atoms with Crippen molar-refractivity contribution in [2.24, 2.45) is 0 Å². The molecule has 4 heterocycles. The Balaban J connectivity index is 1.55. The first kappa shape index (κ1) is 16.1. The number of ether oxygens (including phenoxy) is 1. The van der Waals surface area contributed by atoms with Crippen LogP contribution in [0.4, 0.5) is 5.69 Å². The molecule has 2 fully saturated rings. The number of carbonyl (C=O) groups is 1. The number of pyridine rings is 1. The maximum absolute atomic E-state index is 12.9. The van der Waals surface area contributed by atoms with Crippen LogP contribution in [0, 0.1) is 6.92 Å². The molecule has 0 N–H and O–H groups in total. The summed E-state index contributed by atoms with van der Waals surface area (Å²) in [5.74, 6) is 0.0307. The first-order valence-electron chi connectivity index (χ1n) is 8.79. The van der Waals surface area contributed by atoms with Gasteiger partial charge in [-0.25, -0.2) is 0 Å². The van der Waals surface area contributed by atoms with Crippen molar-refractivity contribution in [1.82, 2.24) is 19.7 Å². The lowest BCUT2D eigenvalue weighted by molar-refractivity contribution is 0.0301. The van der Waals surface area contributed by atoms with E-state index < -0.39 is 0 Å². The van der Waals surface area contributed by atoms with Crippen molar-refractivity contribution in [2.75, 3.05) is 31.1 Å². The molecule has 4 rings (SSSR count). The van der Waals surface area contributed by atoms with E-state index in [1.165, 1.54) is 0 Å². The van der Waals surface area contributed by atoms with Gasteiger partial charge in [0.2, 0.25) is 0 Å². The minimum absolute atomic E-state index is 0.0307. The van der Waals surface area contributed by atoms with E-state index in [0.29, 0.717) is 31.9 Å². The second kappa shape index (κ2) is 6.48. The molecule has 0 unspecified atom stereocenters. The summed E-state index contributed by atoms with van der Waals surface area (Å²) in [6.07, 6.45) is 3.57. The number of aryl methyl sites for hydroxylation is 2. The Kier molecular flexibility index (Phi) is 4.17. The Morgan fingerprint density at radius 3 is 3.00 bits per heavy atom. The molecular formula is C18H23N5O2. The lowest BCUT2D eigenvalue weighted by atomic mass is 10.1. The zero-order chi connectivity index (χ0) is 17.4. The monoisotopic (exact) mass is 341 g/mol. The maximum Gasteiger partial charge on any atom is 0.272 e. The van der Waals surface area contributed by atoms with Gasteiger partial charge in [-0.2, -0.15) is 5.10 Å².